The van der Waals surface area contributed by atoms with E-state index in [9.17, 15) is 4.79 Å². The Balaban J connectivity index is 2.22. The van der Waals surface area contributed by atoms with Gasteiger partial charge in [0.25, 0.3) is 0 Å². The molecule has 7 heteroatoms. The summed E-state index contributed by atoms with van der Waals surface area (Å²) in [6.07, 6.45) is 3.87. The van der Waals surface area contributed by atoms with Crippen LogP contribution in [-0.2, 0) is 13.0 Å². The molecular formula is C20H27ClN2O4. The molecule has 0 unspecified atom stereocenters. The van der Waals surface area contributed by atoms with Gasteiger partial charge in [0.05, 0.1) is 19.3 Å². The van der Waals surface area contributed by atoms with Crippen molar-refractivity contribution >= 4 is 17.8 Å². The summed E-state index contributed by atoms with van der Waals surface area (Å²) >= 11 is 6.17. The minimum absolute atomic E-state index is 0.269. The molecule has 2 aromatic rings. The Morgan fingerprint density at radius 3 is 2.63 bits per heavy atom. The Bertz CT molecular complexity index is 756. The molecule has 0 saturated carbocycles. The molecule has 148 valence electrons. The highest BCUT2D eigenvalue weighted by molar-refractivity contribution is 6.30. The number of hydrogen-bond donors (Lipinski definition) is 1. The lowest BCUT2D eigenvalue weighted by molar-refractivity contribution is 0.144. The van der Waals surface area contributed by atoms with Gasteiger partial charge in [0.15, 0.2) is 5.75 Å². The number of aryl methyl sites for hydroxylation is 1. The number of ether oxygens (including phenoxy) is 2. The van der Waals surface area contributed by atoms with E-state index in [1.54, 1.807) is 16.9 Å². The number of carboxylic acid groups (broad SMARTS) is 1. The molecule has 0 fully saturated rings. The van der Waals surface area contributed by atoms with E-state index in [0.29, 0.717) is 36.2 Å². The van der Waals surface area contributed by atoms with Gasteiger partial charge >= 0.3 is 6.16 Å². The van der Waals surface area contributed by atoms with Crippen molar-refractivity contribution in [2.45, 2.75) is 53.0 Å². The van der Waals surface area contributed by atoms with Gasteiger partial charge in [-0.1, -0.05) is 51.6 Å². The smallest absolute Gasteiger partial charge is 0.493 e. The first kappa shape index (κ1) is 21.1. The molecule has 0 aliphatic rings. The molecule has 1 aromatic carbocycles. The second kappa shape index (κ2) is 10.2. The first-order chi connectivity index (χ1) is 13.0. The van der Waals surface area contributed by atoms with Crippen LogP contribution in [0.5, 0.6) is 11.5 Å². The number of aromatic nitrogens is 2. The zero-order valence-corrected chi connectivity index (χ0v) is 16.8. The van der Waals surface area contributed by atoms with Crippen LogP contribution >= 0.6 is 11.6 Å². The van der Waals surface area contributed by atoms with E-state index < -0.39 is 6.16 Å². The van der Waals surface area contributed by atoms with Crippen LogP contribution in [0.4, 0.5) is 4.79 Å². The van der Waals surface area contributed by atoms with E-state index in [0.717, 1.165) is 30.6 Å². The maximum atomic E-state index is 10.9. The molecule has 0 atom stereocenters. The third-order valence-corrected chi connectivity index (χ3v) is 4.70. The minimum atomic E-state index is -1.34. The number of rotatable bonds is 10. The maximum absolute atomic E-state index is 10.9. The van der Waals surface area contributed by atoms with Crippen molar-refractivity contribution in [2.24, 2.45) is 5.92 Å². The van der Waals surface area contributed by atoms with Crippen molar-refractivity contribution in [3.8, 4) is 11.5 Å². The lowest BCUT2D eigenvalue weighted by atomic mass is 10.1. The van der Waals surface area contributed by atoms with Crippen LogP contribution in [0.2, 0.25) is 5.02 Å². The van der Waals surface area contributed by atoms with Crippen LogP contribution in [-0.4, -0.2) is 27.6 Å². The van der Waals surface area contributed by atoms with Crippen LogP contribution in [0.15, 0.2) is 24.4 Å². The number of hydrogen-bond acceptors (Lipinski definition) is 4. The first-order valence-corrected chi connectivity index (χ1v) is 9.72. The van der Waals surface area contributed by atoms with Crippen LogP contribution in [0.1, 0.15) is 51.3 Å². The Kier molecular flexibility index (Phi) is 7.98. The van der Waals surface area contributed by atoms with Gasteiger partial charge in [-0.15, -0.1) is 0 Å². The fourth-order valence-corrected chi connectivity index (χ4v) is 3.03. The van der Waals surface area contributed by atoms with Gasteiger partial charge in [-0.25, -0.2) is 4.79 Å². The van der Waals surface area contributed by atoms with Crippen molar-refractivity contribution in [3.05, 3.63) is 40.7 Å². The van der Waals surface area contributed by atoms with Crippen molar-refractivity contribution < 1.29 is 19.4 Å². The average molecular weight is 395 g/mol. The van der Waals surface area contributed by atoms with E-state index in [-0.39, 0.29) is 5.75 Å². The standard InChI is InChI=1S/C20H27ClN2O4/c1-4-7-17-19(27-20(24)25)12-23(22-17)11-15-10-16(21)8-9-18(15)26-13-14(5-2)6-3/h8-10,12,14H,4-7,11,13H2,1-3H3,(H,24,25). The normalized spacial score (nSPS) is 11.0. The first-order valence-electron chi connectivity index (χ1n) is 9.35. The monoisotopic (exact) mass is 394 g/mol. The Labute approximate surface area is 165 Å². The second-order valence-corrected chi connectivity index (χ2v) is 6.94. The second-order valence-electron chi connectivity index (χ2n) is 6.50. The van der Waals surface area contributed by atoms with E-state index in [2.05, 4.69) is 18.9 Å². The predicted molar refractivity (Wildman–Crippen MR) is 105 cm³/mol. The number of benzene rings is 1. The molecule has 0 aliphatic heterocycles. The SMILES string of the molecule is CCCc1nn(Cc2cc(Cl)ccc2OCC(CC)CC)cc1OC(=O)O. The van der Waals surface area contributed by atoms with E-state index in [1.807, 2.05) is 19.1 Å². The molecule has 0 saturated heterocycles. The summed E-state index contributed by atoms with van der Waals surface area (Å²) in [5.41, 5.74) is 1.52. The average Bonchev–Trinajstić information content (AvgIpc) is 2.98. The van der Waals surface area contributed by atoms with Crippen LogP contribution in [0.3, 0.4) is 0 Å². The molecule has 0 bridgehead atoms. The van der Waals surface area contributed by atoms with Gasteiger partial charge < -0.3 is 14.6 Å². The summed E-state index contributed by atoms with van der Waals surface area (Å²) in [6, 6.07) is 5.52. The molecular weight excluding hydrogens is 368 g/mol. The molecule has 0 radical (unpaired) electrons. The van der Waals surface area contributed by atoms with Gasteiger partial charge in [0.2, 0.25) is 0 Å². The molecule has 1 heterocycles. The highest BCUT2D eigenvalue weighted by Crippen LogP contribution is 2.26. The summed E-state index contributed by atoms with van der Waals surface area (Å²) in [4.78, 5) is 10.9. The topological polar surface area (TPSA) is 73.6 Å². The lowest BCUT2D eigenvalue weighted by Gasteiger charge is -2.16. The largest absolute Gasteiger partial charge is 0.511 e. The molecule has 2 rings (SSSR count). The number of halogens is 1. The molecule has 0 amide bonds. The predicted octanol–water partition coefficient (Wildman–Crippen LogP) is 5.41. The van der Waals surface area contributed by atoms with Crippen molar-refractivity contribution in [3.63, 3.8) is 0 Å². The summed E-state index contributed by atoms with van der Waals surface area (Å²) in [5.74, 6) is 1.54. The lowest BCUT2D eigenvalue weighted by Crippen LogP contribution is -2.12. The van der Waals surface area contributed by atoms with E-state index in [4.69, 9.17) is 26.2 Å². The third-order valence-electron chi connectivity index (χ3n) is 4.47. The summed E-state index contributed by atoms with van der Waals surface area (Å²) in [6.45, 7) is 7.38. The van der Waals surface area contributed by atoms with Crippen molar-refractivity contribution in [1.82, 2.24) is 9.78 Å². The Morgan fingerprint density at radius 2 is 2.00 bits per heavy atom. The summed E-state index contributed by atoms with van der Waals surface area (Å²) in [5, 5.41) is 14.0. The fourth-order valence-electron chi connectivity index (χ4n) is 2.83. The molecule has 6 nitrogen and oxygen atoms in total. The third kappa shape index (κ3) is 6.17. The summed E-state index contributed by atoms with van der Waals surface area (Å²) in [7, 11) is 0. The summed E-state index contributed by atoms with van der Waals surface area (Å²) < 4.78 is 12.6. The Morgan fingerprint density at radius 1 is 1.26 bits per heavy atom. The highest BCUT2D eigenvalue weighted by Gasteiger charge is 2.15. The van der Waals surface area contributed by atoms with Gasteiger partial charge in [-0.3, -0.25) is 4.68 Å². The molecule has 27 heavy (non-hydrogen) atoms. The zero-order chi connectivity index (χ0) is 19.8. The van der Waals surface area contributed by atoms with Crippen molar-refractivity contribution in [1.29, 1.82) is 0 Å². The Hall–Kier alpha value is -2.21. The van der Waals surface area contributed by atoms with Gasteiger partial charge in [0, 0.05) is 10.6 Å². The van der Waals surface area contributed by atoms with E-state index >= 15 is 0 Å². The van der Waals surface area contributed by atoms with Crippen LogP contribution in [0, 0.1) is 5.92 Å². The maximum Gasteiger partial charge on any atom is 0.511 e. The molecule has 0 aliphatic carbocycles. The van der Waals surface area contributed by atoms with Gasteiger partial charge in [-0.05, 0) is 30.5 Å². The fraction of sp³-hybridized carbons (Fsp3) is 0.500. The highest BCUT2D eigenvalue weighted by atomic mass is 35.5. The number of nitrogens with zero attached hydrogens (tertiary/aromatic N) is 2. The van der Waals surface area contributed by atoms with Gasteiger partial charge in [0.1, 0.15) is 11.4 Å². The quantitative estimate of drug-likeness (QED) is 0.545. The van der Waals surface area contributed by atoms with Crippen LogP contribution in [0.25, 0.3) is 0 Å². The molecule has 1 aromatic heterocycles. The minimum Gasteiger partial charge on any atom is -0.493 e. The number of carbonyl (C=O) groups is 1. The van der Waals surface area contributed by atoms with E-state index in [1.165, 1.54) is 0 Å². The molecule has 1 N–H and O–H groups in total. The van der Waals surface area contributed by atoms with Crippen molar-refractivity contribution in [2.75, 3.05) is 6.61 Å². The van der Waals surface area contributed by atoms with Crippen LogP contribution < -0.4 is 9.47 Å². The molecule has 0 spiro atoms. The van der Waals surface area contributed by atoms with Gasteiger partial charge in [-0.2, -0.15) is 5.10 Å². The zero-order valence-electron chi connectivity index (χ0n) is 16.1.